The van der Waals surface area contributed by atoms with Gasteiger partial charge >= 0.3 is 0 Å². The number of nitrogens with zero attached hydrogens (tertiary/aromatic N) is 1. The molecule has 1 rings (SSSR count). The second-order valence-electron chi connectivity index (χ2n) is 4.51. The van der Waals surface area contributed by atoms with Crippen LogP contribution < -0.4 is 0 Å². The molecule has 1 aromatic rings. The van der Waals surface area contributed by atoms with Crippen molar-refractivity contribution >= 4 is 5.91 Å². The van der Waals surface area contributed by atoms with Gasteiger partial charge in [0.15, 0.2) is 0 Å². The Labute approximate surface area is 120 Å². The molecule has 0 radical (unpaired) electrons. The molecule has 0 aliphatic rings. The second kappa shape index (κ2) is 9.13. The van der Waals surface area contributed by atoms with E-state index in [0.29, 0.717) is 19.6 Å². The second-order valence-corrected chi connectivity index (χ2v) is 4.51. The predicted molar refractivity (Wildman–Crippen MR) is 78.0 cm³/mol. The van der Waals surface area contributed by atoms with Crippen molar-refractivity contribution in [1.29, 1.82) is 0 Å². The molecule has 0 saturated carbocycles. The molecule has 0 aromatic heterocycles. The number of benzene rings is 1. The van der Waals surface area contributed by atoms with E-state index in [1.165, 1.54) is 0 Å². The summed E-state index contributed by atoms with van der Waals surface area (Å²) in [4.78, 5) is 13.6. The van der Waals surface area contributed by atoms with E-state index in [-0.39, 0.29) is 12.5 Å². The van der Waals surface area contributed by atoms with Gasteiger partial charge in [-0.1, -0.05) is 24.0 Å². The Bertz CT molecular complexity index is 488. The number of aliphatic hydroxyl groups excluding tert-OH is 1. The van der Waals surface area contributed by atoms with E-state index in [9.17, 15) is 4.79 Å². The van der Waals surface area contributed by atoms with Crippen LogP contribution in [0.2, 0.25) is 0 Å². The van der Waals surface area contributed by atoms with Crippen LogP contribution in [-0.4, -0.2) is 43.3 Å². The molecule has 0 spiro atoms. The molecule has 0 aliphatic carbocycles. The summed E-state index contributed by atoms with van der Waals surface area (Å²) in [6, 6.07) is 7.68. The van der Waals surface area contributed by atoms with Crippen molar-refractivity contribution in [3.8, 4) is 11.8 Å². The molecule has 0 bridgehead atoms. The topological polar surface area (TPSA) is 49.8 Å². The normalized spacial score (nSPS) is 9.75. The van der Waals surface area contributed by atoms with Crippen molar-refractivity contribution in [2.24, 2.45) is 0 Å². The quantitative estimate of drug-likeness (QED) is 0.631. The van der Waals surface area contributed by atoms with Crippen molar-refractivity contribution in [2.45, 2.75) is 19.4 Å². The number of amides is 1. The van der Waals surface area contributed by atoms with Crippen molar-refractivity contribution in [1.82, 2.24) is 4.90 Å². The summed E-state index contributed by atoms with van der Waals surface area (Å²) in [6.07, 6.45) is 1.23. The van der Waals surface area contributed by atoms with Crippen molar-refractivity contribution in [2.75, 3.05) is 27.4 Å². The summed E-state index contributed by atoms with van der Waals surface area (Å²) in [7, 11) is 3.42. The van der Waals surface area contributed by atoms with Gasteiger partial charge in [-0.05, 0) is 24.1 Å². The number of rotatable bonds is 6. The van der Waals surface area contributed by atoms with Crippen LogP contribution >= 0.6 is 0 Å². The molecular formula is C16H21NO3. The molecule has 0 aliphatic heterocycles. The smallest absolute Gasteiger partial charge is 0.222 e. The zero-order chi connectivity index (χ0) is 14.8. The standard InChI is InChI=1S/C16H21NO3/c1-17(16(19)9-5-11-20-2)13-15-7-3-6-14(12-15)8-4-10-18/h3,6-7,12,18H,5,9-11,13H2,1-2H3. The first kappa shape index (κ1) is 16.2. The summed E-state index contributed by atoms with van der Waals surface area (Å²) in [6.45, 7) is 1.01. The van der Waals surface area contributed by atoms with Gasteiger partial charge in [-0.2, -0.15) is 0 Å². The zero-order valence-electron chi connectivity index (χ0n) is 12.1. The van der Waals surface area contributed by atoms with Crippen molar-refractivity contribution in [3.05, 3.63) is 35.4 Å². The van der Waals surface area contributed by atoms with Gasteiger partial charge in [0.05, 0.1) is 0 Å². The Kier molecular flexibility index (Phi) is 7.41. The number of carbonyl (C=O) groups is 1. The molecule has 0 fully saturated rings. The average Bonchev–Trinajstić information content (AvgIpc) is 2.45. The molecule has 1 N–H and O–H groups in total. The van der Waals surface area contributed by atoms with Gasteiger partial charge in [-0.15, -0.1) is 0 Å². The largest absolute Gasteiger partial charge is 0.385 e. The maximum atomic E-state index is 11.9. The van der Waals surface area contributed by atoms with E-state index >= 15 is 0 Å². The van der Waals surface area contributed by atoms with E-state index in [4.69, 9.17) is 9.84 Å². The third-order valence-electron chi connectivity index (χ3n) is 2.82. The lowest BCUT2D eigenvalue weighted by Crippen LogP contribution is -2.26. The van der Waals surface area contributed by atoms with Gasteiger partial charge in [0.2, 0.25) is 5.91 Å². The molecule has 1 aromatic carbocycles. The average molecular weight is 275 g/mol. The molecule has 4 nitrogen and oxygen atoms in total. The van der Waals surface area contributed by atoms with Crippen LogP contribution in [-0.2, 0) is 16.1 Å². The van der Waals surface area contributed by atoms with Gasteiger partial charge < -0.3 is 14.7 Å². The highest BCUT2D eigenvalue weighted by atomic mass is 16.5. The van der Waals surface area contributed by atoms with E-state index in [0.717, 1.165) is 17.5 Å². The lowest BCUT2D eigenvalue weighted by Gasteiger charge is -2.17. The maximum absolute atomic E-state index is 11.9. The van der Waals surface area contributed by atoms with Crippen LogP contribution in [0.25, 0.3) is 0 Å². The van der Waals surface area contributed by atoms with Crippen LogP contribution in [0.1, 0.15) is 24.0 Å². The molecule has 0 atom stereocenters. The number of ether oxygens (including phenoxy) is 1. The first-order chi connectivity index (χ1) is 9.67. The van der Waals surface area contributed by atoms with Crippen LogP contribution in [0.4, 0.5) is 0 Å². The van der Waals surface area contributed by atoms with Gasteiger partial charge in [0.1, 0.15) is 6.61 Å². The van der Waals surface area contributed by atoms with Crippen LogP contribution in [0.5, 0.6) is 0 Å². The third kappa shape index (κ3) is 5.87. The molecule has 0 saturated heterocycles. The molecule has 0 heterocycles. The lowest BCUT2D eigenvalue weighted by atomic mass is 10.1. The minimum Gasteiger partial charge on any atom is -0.385 e. The molecule has 108 valence electrons. The summed E-state index contributed by atoms with van der Waals surface area (Å²) >= 11 is 0. The van der Waals surface area contributed by atoms with Gasteiger partial charge in [0.25, 0.3) is 0 Å². The monoisotopic (exact) mass is 275 g/mol. The number of carbonyl (C=O) groups excluding carboxylic acids is 1. The fourth-order valence-electron chi connectivity index (χ4n) is 1.81. The van der Waals surface area contributed by atoms with E-state index in [2.05, 4.69) is 11.8 Å². The molecule has 1 amide bonds. The third-order valence-corrected chi connectivity index (χ3v) is 2.82. The highest BCUT2D eigenvalue weighted by Gasteiger charge is 2.08. The molecule has 20 heavy (non-hydrogen) atoms. The van der Waals surface area contributed by atoms with E-state index in [1.54, 1.807) is 19.1 Å². The minimum absolute atomic E-state index is 0.105. The fraction of sp³-hybridized carbons (Fsp3) is 0.438. The molecular weight excluding hydrogens is 254 g/mol. The van der Waals surface area contributed by atoms with Crippen molar-refractivity contribution < 1.29 is 14.6 Å². The Morgan fingerprint density at radius 3 is 2.95 bits per heavy atom. The highest BCUT2D eigenvalue weighted by Crippen LogP contribution is 2.08. The first-order valence-electron chi connectivity index (χ1n) is 6.59. The minimum atomic E-state index is -0.151. The van der Waals surface area contributed by atoms with Crippen LogP contribution in [0.15, 0.2) is 24.3 Å². The van der Waals surface area contributed by atoms with Gasteiger partial charge in [0, 0.05) is 39.3 Å². The first-order valence-corrected chi connectivity index (χ1v) is 6.59. The fourth-order valence-corrected chi connectivity index (χ4v) is 1.81. The summed E-state index contributed by atoms with van der Waals surface area (Å²) in [5.41, 5.74) is 1.87. The Morgan fingerprint density at radius 2 is 2.25 bits per heavy atom. The van der Waals surface area contributed by atoms with E-state index < -0.39 is 0 Å². The Balaban J connectivity index is 2.56. The van der Waals surface area contributed by atoms with E-state index in [1.807, 2.05) is 24.3 Å². The molecule has 4 heteroatoms. The number of methoxy groups -OCH3 is 1. The van der Waals surface area contributed by atoms with Crippen LogP contribution in [0, 0.1) is 11.8 Å². The Morgan fingerprint density at radius 1 is 1.45 bits per heavy atom. The van der Waals surface area contributed by atoms with Gasteiger partial charge in [-0.25, -0.2) is 0 Å². The van der Waals surface area contributed by atoms with Crippen LogP contribution in [0.3, 0.4) is 0 Å². The summed E-state index contributed by atoms with van der Waals surface area (Å²) in [5.74, 6) is 5.58. The zero-order valence-corrected chi connectivity index (χ0v) is 12.1. The maximum Gasteiger partial charge on any atom is 0.222 e. The SMILES string of the molecule is COCCCC(=O)N(C)Cc1cccc(C#CCO)c1. The van der Waals surface area contributed by atoms with Gasteiger partial charge in [-0.3, -0.25) is 4.79 Å². The van der Waals surface area contributed by atoms with Crippen molar-refractivity contribution in [3.63, 3.8) is 0 Å². The predicted octanol–water partition coefficient (Wildman–Crippen LogP) is 1.42. The Hall–Kier alpha value is -1.83. The summed E-state index contributed by atoms with van der Waals surface area (Å²) < 4.78 is 4.94. The number of hydrogen-bond donors (Lipinski definition) is 1. The number of hydrogen-bond acceptors (Lipinski definition) is 3. The molecule has 0 unspecified atom stereocenters. The number of aliphatic hydroxyl groups is 1. The highest BCUT2D eigenvalue weighted by molar-refractivity contribution is 5.75. The lowest BCUT2D eigenvalue weighted by molar-refractivity contribution is -0.130. The summed E-state index contributed by atoms with van der Waals surface area (Å²) in [5, 5.41) is 8.68.